The van der Waals surface area contributed by atoms with Crippen LogP contribution in [0.2, 0.25) is 0 Å². The van der Waals surface area contributed by atoms with Crippen LogP contribution in [0.25, 0.3) is 11.1 Å². The standard InChI is InChI=1S/C68H94N22O15S/c1-90-35-56(96)84-51(36-91)64(104)88-48(30-40-18-22-43(23-19-40)42-13-6-3-7-14-42)59(99)81-33-54(94)82-46(16-9-27-77-67(72)73)61(101)87-47(17-10-28-78-68(74)75)62(102)86-45(15-8-26-76-66(70)71)58(98)80-34-55(95)85-52(60(100)79-32-53(69)93)37-106-38-57(97)83-49(29-39-11-4-2-5-12-39)63(103)89-50(65(90)105)31-41-20-24-44(92)25-21-41/h2-7,11-14,18-25,45-52,91-92H,8-10,15-17,26-38H2,1H3,(H2,69,93)(H,79,100)(H,80,98)(H,81,99)(H,82,94)(H,83,97)(H,84,96)(H,85,95)(H,86,102)(H,87,101)(H,88,104)(H,89,103)(H4,70,71,76)(H4,72,73,77)(H4,74,75,78)/t45-,46-,47-,48-,49-,50-,51-,52-/m0/s1. The molecule has 0 radical (unpaired) electrons. The average molecular weight is 1490 g/mol. The van der Waals surface area contributed by atoms with Gasteiger partial charge >= 0.3 is 0 Å². The van der Waals surface area contributed by atoms with Gasteiger partial charge in [-0.3, -0.25) is 78.6 Å². The van der Waals surface area contributed by atoms with Gasteiger partial charge in [-0.25, -0.2) is 0 Å². The number of aliphatic hydroxyl groups is 1. The molecule has 1 aliphatic rings. The maximum atomic E-state index is 14.6. The molecule has 106 heavy (non-hydrogen) atoms. The van der Waals surface area contributed by atoms with E-state index >= 15 is 0 Å². The number of carbonyl (C=O) groups excluding carboxylic acids is 13. The summed E-state index contributed by atoms with van der Waals surface area (Å²) in [6.07, 6.45) is -1.04. The van der Waals surface area contributed by atoms with Crippen molar-refractivity contribution in [2.75, 3.05) is 71.0 Å². The minimum Gasteiger partial charge on any atom is -0.508 e. The van der Waals surface area contributed by atoms with Gasteiger partial charge in [0.15, 0.2) is 17.9 Å². The van der Waals surface area contributed by atoms with E-state index < -0.39 is 182 Å². The van der Waals surface area contributed by atoms with Crippen LogP contribution < -0.4 is 97.4 Å². The number of nitrogens with zero attached hydrogens (tertiary/aromatic N) is 1. The molecule has 0 bridgehead atoms. The summed E-state index contributed by atoms with van der Waals surface area (Å²) in [5, 5.41) is 78.9. The highest BCUT2D eigenvalue weighted by Gasteiger charge is 2.35. The fourth-order valence-electron chi connectivity index (χ4n) is 10.6. The van der Waals surface area contributed by atoms with E-state index in [0.717, 1.165) is 27.8 Å². The van der Waals surface area contributed by atoms with Crippen LogP contribution in [0.5, 0.6) is 5.75 Å². The van der Waals surface area contributed by atoms with Crippen molar-refractivity contribution < 1.29 is 72.5 Å². The first-order chi connectivity index (χ1) is 50.6. The molecular weight excluding hydrogens is 1400 g/mol. The van der Waals surface area contributed by atoms with E-state index in [9.17, 15) is 72.5 Å². The fourth-order valence-corrected chi connectivity index (χ4v) is 11.4. The number of phenols is 1. The third-order valence-corrected chi connectivity index (χ3v) is 17.0. The molecule has 1 fully saturated rings. The van der Waals surface area contributed by atoms with Crippen molar-refractivity contribution in [3.8, 4) is 16.9 Å². The second kappa shape index (κ2) is 44.4. The summed E-state index contributed by atoms with van der Waals surface area (Å²) in [6.45, 7) is -4.20. The number of guanidine groups is 3. The lowest BCUT2D eigenvalue weighted by atomic mass is 10.00. The zero-order valence-electron chi connectivity index (χ0n) is 58.3. The Hall–Kier alpha value is -12.1. The highest BCUT2D eigenvalue weighted by Crippen LogP contribution is 2.21. The van der Waals surface area contributed by atoms with Gasteiger partial charge in [0.1, 0.15) is 54.1 Å². The Morgan fingerprint density at radius 3 is 1.39 bits per heavy atom. The largest absolute Gasteiger partial charge is 0.508 e. The van der Waals surface area contributed by atoms with Crippen LogP contribution in [-0.4, -0.2) is 229 Å². The van der Waals surface area contributed by atoms with Gasteiger partial charge in [-0.15, -0.1) is 11.8 Å². The van der Waals surface area contributed by atoms with E-state index in [-0.39, 0.29) is 88.9 Å². The summed E-state index contributed by atoms with van der Waals surface area (Å²) >= 11 is 0.790. The van der Waals surface area contributed by atoms with Crippen LogP contribution in [0.3, 0.4) is 0 Å². The predicted octanol–water partition coefficient (Wildman–Crippen LogP) is -6.21. The quantitative estimate of drug-likeness (QED) is 0.0187. The highest BCUT2D eigenvalue weighted by molar-refractivity contribution is 8.00. The number of aromatic hydroxyl groups is 1. The second-order valence-electron chi connectivity index (χ2n) is 24.5. The zero-order valence-corrected chi connectivity index (χ0v) is 59.1. The van der Waals surface area contributed by atoms with E-state index in [1.807, 2.05) is 30.3 Å². The van der Waals surface area contributed by atoms with Gasteiger partial charge < -0.3 is 112 Å². The molecule has 38 heteroatoms. The normalized spacial score (nSPS) is 20.7. The number of rotatable bonds is 23. The predicted molar refractivity (Wildman–Crippen MR) is 391 cm³/mol. The van der Waals surface area contributed by atoms with Crippen molar-refractivity contribution in [3.05, 3.63) is 126 Å². The molecule has 0 aliphatic carbocycles. The number of nitrogens with two attached hydrogens (primary N) is 4. The summed E-state index contributed by atoms with van der Waals surface area (Å²) in [4.78, 5) is 183. The minimum atomic E-state index is -1.78. The van der Waals surface area contributed by atoms with Crippen molar-refractivity contribution in [1.82, 2.24) is 79.3 Å². The first-order valence-corrected chi connectivity index (χ1v) is 34.9. The number of primary amides is 1. The Morgan fingerprint density at radius 1 is 0.472 bits per heavy atom. The van der Waals surface area contributed by atoms with Crippen LogP contribution in [0.1, 0.15) is 55.2 Å². The minimum absolute atomic E-state index is 0.00291. The first-order valence-electron chi connectivity index (χ1n) is 33.7. The van der Waals surface area contributed by atoms with Crippen molar-refractivity contribution in [1.29, 1.82) is 16.2 Å². The van der Waals surface area contributed by atoms with Crippen molar-refractivity contribution in [2.45, 2.75) is 106 Å². The third-order valence-electron chi connectivity index (χ3n) is 16.0. The molecule has 8 atom stereocenters. The van der Waals surface area contributed by atoms with E-state index in [0.29, 0.717) is 16.7 Å². The Labute approximate surface area is 614 Å². The summed E-state index contributed by atoms with van der Waals surface area (Å²) in [5.41, 5.74) is 24.9. The van der Waals surface area contributed by atoms with Gasteiger partial charge in [-0.05, 0) is 78.5 Å². The number of likely N-dealkylation sites (N-methyl/N-ethyl adjacent to an activating group) is 1. The summed E-state index contributed by atoms with van der Waals surface area (Å²) in [5.74, 6) is -14.6. The molecule has 4 aromatic rings. The van der Waals surface area contributed by atoms with Crippen LogP contribution in [0.4, 0.5) is 0 Å². The number of hydrogen-bond donors (Lipinski definition) is 23. The maximum Gasteiger partial charge on any atom is 0.245 e. The number of aliphatic hydroxyl groups excluding tert-OH is 1. The van der Waals surface area contributed by atoms with Crippen LogP contribution in [0, 0.1) is 16.2 Å². The van der Waals surface area contributed by atoms with Crippen LogP contribution in [0.15, 0.2) is 109 Å². The number of phenolic OH excluding ortho intramolecular Hbond substituents is 1. The molecule has 27 N–H and O–H groups in total. The molecule has 0 unspecified atom stereocenters. The monoisotopic (exact) mass is 1490 g/mol. The summed E-state index contributed by atoms with van der Waals surface area (Å²) in [7, 11) is 1.22. The van der Waals surface area contributed by atoms with Crippen molar-refractivity contribution in [2.24, 2.45) is 22.9 Å². The molecule has 5 rings (SSSR count). The lowest BCUT2D eigenvalue weighted by Crippen LogP contribution is -2.59. The van der Waals surface area contributed by atoms with Crippen LogP contribution in [-0.2, 0) is 81.6 Å². The van der Waals surface area contributed by atoms with Gasteiger partial charge in [0.2, 0.25) is 76.8 Å². The van der Waals surface area contributed by atoms with E-state index in [4.69, 9.17) is 39.2 Å². The van der Waals surface area contributed by atoms with Gasteiger partial charge in [0.05, 0.1) is 38.5 Å². The Morgan fingerprint density at radius 2 is 0.868 bits per heavy atom. The lowest BCUT2D eigenvalue weighted by Gasteiger charge is -2.27. The smallest absolute Gasteiger partial charge is 0.245 e. The second-order valence-corrected chi connectivity index (χ2v) is 25.5. The van der Waals surface area contributed by atoms with Crippen LogP contribution >= 0.6 is 11.8 Å². The molecule has 572 valence electrons. The SMILES string of the molecule is CN1CC(=O)N[C@@H](CO)C(=O)N[C@@H](Cc2ccc(-c3ccccc3)cc2)C(=O)NCC(=O)N[C@@H](CCCNC(=N)N)C(=O)N[C@@H](CCCNC(=N)N)C(=O)N[C@@H](CCCNC(=N)N)C(=O)NCC(=O)N[C@H](C(=O)NCC(N)=O)CSCC(=O)N[C@@H](Cc2ccccc2)C(=O)N[C@@H](Cc2ccc(O)cc2)C1=O. The van der Waals surface area contributed by atoms with E-state index in [1.54, 1.807) is 54.6 Å². The topological polar surface area (TPSA) is 610 Å². The molecule has 0 spiro atoms. The number of nitrogens with one attached hydrogen (secondary N) is 17. The first kappa shape index (κ1) is 84.6. The maximum absolute atomic E-state index is 14.6. The average Bonchev–Trinajstić information content (AvgIpc) is 0.847. The van der Waals surface area contributed by atoms with Gasteiger partial charge in [-0.1, -0.05) is 97.1 Å². The molecular formula is C68H94N22O15S. The number of thioether (sulfide) groups is 1. The fraction of sp³-hybridized carbons (Fsp3) is 0.412. The Kier molecular flexibility index (Phi) is 35.4. The molecule has 37 nitrogen and oxygen atoms in total. The molecule has 1 heterocycles. The number of benzene rings is 4. The molecule has 13 amide bonds. The molecule has 0 aromatic heterocycles. The number of carbonyl (C=O) groups is 13. The number of hydrogen-bond acceptors (Lipinski definition) is 19. The zero-order chi connectivity index (χ0) is 77.7. The van der Waals surface area contributed by atoms with E-state index in [1.165, 1.54) is 31.3 Å². The van der Waals surface area contributed by atoms with Crippen molar-refractivity contribution in [3.63, 3.8) is 0 Å². The van der Waals surface area contributed by atoms with Gasteiger partial charge in [-0.2, -0.15) is 0 Å². The molecule has 1 aliphatic heterocycles. The van der Waals surface area contributed by atoms with Gasteiger partial charge in [0.25, 0.3) is 0 Å². The summed E-state index contributed by atoms with van der Waals surface area (Å²) < 4.78 is 0. The Bertz CT molecular complexity index is 3710. The van der Waals surface area contributed by atoms with E-state index in [2.05, 4.69) is 74.4 Å². The highest BCUT2D eigenvalue weighted by atomic mass is 32.2. The van der Waals surface area contributed by atoms with Crippen molar-refractivity contribution >= 4 is 106 Å². The Balaban J connectivity index is 1.55. The lowest BCUT2D eigenvalue weighted by molar-refractivity contribution is -0.139. The molecule has 4 aromatic carbocycles. The molecule has 1 saturated heterocycles. The molecule has 0 saturated carbocycles. The number of amides is 13. The third kappa shape index (κ3) is 31.2. The summed E-state index contributed by atoms with van der Waals surface area (Å²) in [6, 6.07) is 18.0. The van der Waals surface area contributed by atoms with Gasteiger partial charge in [0, 0.05) is 51.7 Å².